The molecule has 1 aliphatic heterocycles. The van der Waals surface area contributed by atoms with Gasteiger partial charge in [0.1, 0.15) is 18.4 Å². The van der Waals surface area contributed by atoms with Crippen molar-refractivity contribution in [2.75, 3.05) is 11.4 Å². The molecule has 18 heavy (non-hydrogen) atoms. The molecule has 1 aromatic carbocycles. The normalized spacial score (nSPS) is 19.9. The number of carbonyl (C=O) groups is 2. The van der Waals surface area contributed by atoms with E-state index >= 15 is 0 Å². The summed E-state index contributed by atoms with van der Waals surface area (Å²) in [5.74, 6) is -1.08. The third kappa shape index (κ3) is 2.38. The van der Waals surface area contributed by atoms with E-state index in [0.717, 1.165) is 0 Å². The summed E-state index contributed by atoms with van der Waals surface area (Å²) in [4.78, 5) is 24.8. The van der Waals surface area contributed by atoms with Crippen LogP contribution in [0.5, 0.6) is 0 Å². The van der Waals surface area contributed by atoms with Gasteiger partial charge in [-0.3, -0.25) is 14.5 Å². The fourth-order valence-electron chi connectivity index (χ4n) is 1.88. The lowest BCUT2D eigenvalue weighted by Crippen LogP contribution is -2.58. The molecule has 96 valence electrons. The maximum absolute atomic E-state index is 13.7. The number of nitrogens with one attached hydrogen (secondary N) is 1. The number of piperazine rings is 1. The maximum Gasteiger partial charge on any atom is 0.250 e. The Balaban J connectivity index is 2.39. The van der Waals surface area contributed by atoms with Crippen molar-refractivity contribution in [1.29, 1.82) is 0 Å². The van der Waals surface area contributed by atoms with Gasteiger partial charge in [0.15, 0.2) is 0 Å². The smallest absolute Gasteiger partial charge is 0.250 e. The number of nitrogens with zero attached hydrogens (tertiary/aromatic N) is 1. The van der Waals surface area contributed by atoms with Crippen molar-refractivity contribution in [2.45, 2.75) is 19.4 Å². The van der Waals surface area contributed by atoms with Crippen molar-refractivity contribution in [3.63, 3.8) is 0 Å². The van der Waals surface area contributed by atoms with Crippen molar-refractivity contribution in [3.8, 4) is 0 Å². The van der Waals surface area contributed by atoms with Crippen LogP contribution < -0.4 is 10.2 Å². The molecule has 1 fully saturated rings. The molecule has 0 aliphatic carbocycles. The van der Waals surface area contributed by atoms with Crippen LogP contribution >= 0.6 is 15.9 Å². The third-order valence-electron chi connectivity index (χ3n) is 2.81. The average molecular weight is 315 g/mol. The molecule has 0 saturated carbocycles. The first-order chi connectivity index (χ1) is 8.52. The summed E-state index contributed by atoms with van der Waals surface area (Å²) >= 11 is 3.22. The summed E-state index contributed by atoms with van der Waals surface area (Å²) in [6.07, 6.45) is 0.483. The predicted molar refractivity (Wildman–Crippen MR) is 68.7 cm³/mol. The molecule has 1 aliphatic rings. The van der Waals surface area contributed by atoms with E-state index in [0.29, 0.717) is 10.9 Å². The second-order valence-electron chi connectivity index (χ2n) is 4.05. The molecule has 4 nitrogen and oxygen atoms in total. The Hall–Kier alpha value is -1.43. The fourth-order valence-corrected chi connectivity index (χ4v) is 2.23. The van der Waals surface area contributed by atoms with Gasteiger partial charge in [-0.15, -0.1) is 0 Å². The molecule has 0 bridgehead atoms. The third-order valence-corrected chi connectivity index (χ3v) is 3.30. The first kappa shape index (κ1) is 13.0. The Morgan fingerprint density at radius 1 is 1.50 bits per heavy atom. The van der Waals surface area contributed by atoms with Gasteiger partial charge in [-0.2, -0.15) is 0 Å². The molecule has 0 radical (unpaired) electrons. The molecule has 1 heterocycles. The number of anilines is 1. The Morgan fingerprint density at radius 3 is 2.89 bits per heavy atom. The average Bonchev–Trinajstić information content (AvgIpc) is 2.35. The molecule has 0 aromatic heterocycles. The molecule has 0 spiro atoms. The lowest BCUT2D eigenvalue weighted by atomic mass is 10.1. The van der Waals surface area contributed by atoms with Gasteiger partial charge >= 0.3 is 0 Å². The molecule has 2 rings (SSSR count). The molecule has 1 aromatic rings. The van der Waals surface area contributed by atoms with E-state index in [4.69, 9.17) is 0 Å². The SMILES string of the molecule is CCC1NC(=O)CN(c2cc(Br)ccc2F)C1=O. The van der Waals surface area contributed by atoms with E-state index in [-0.39, 0.29) is 24.0 Å². The summed E-state index contributed by atoms with van der Waals surface area (Å²) in [7, 11) is 0. The van der Waals surface area contributed by atoms with Crippen LogP contribution in [0.4, 0.5) is 10.1 Å². The molecule has 2 amide bonds. The van der Waals surface area contributed by atoms with Crippen LogP contribution in [0.1, 0.15) is 13.3 Å². The van der Waals surface area contributed by atoms with Crippen LogP contribution in [-0.2, 0) is 9.59 Å². The minimum Gasteiger partial charge on any atom is -0.343 e. The summed E-state index contributed by atoms with van der Waals surface area (Å²) < 4.78 is 14.4. The number of benzene rings is 1. The number of carbonyl (C=O) groups excluding carboxylic acids is 2. The summed E-state index contributed by atoms with van der Waals surface area (Å²) in [6, 6.07) is 3.73. The quantitative estimate of drug-likeness (QED) is 0.905. The Bertz CT molecular complexity index is 507. The monoisotopic (exact) mass is 314 g/mol. The van der Waals surface area contributed by atoms with E-state index in [1.54, 1.807) is 13.0 Å². The number of halogens is 2. The van der Waals surface area contributed by atoms with Gasteiger partial charge in [0.25, 0.3) is 0 Å². The van der Waals surface area contributed by atoms with Gasteiger partial charge in [0.2, 0.25) is 11.8 Å². The van der Waals surface area contributed by atoms with Gasteiger partial charge in [-0.25, -0.2) is 4.39 Å². The second kappa shape index (κ2) is 5.06. The van der Waals surface area contributed by atoms with Gasteiger partial charge < -0.3 is 5.32 Å². The Morgan fingerprint density at radius 2 is 2.22 bits per heavy atom. The zero-order valence-corrected chi connectivity index (χ0v) is 11.3. The number of rotatable bonds is 2. The molecular formula is C12H12BrFN2O2. The highest BCUT2D eigenvalue weighted by molar-refractivity contribution is 9.10. The van der Waals surface area contributed by atoms with E-state index in [2.05, 4.69) is 21.2 Å². The van der Waals surface area contributed by atoms with Gasteiger partial charge in [-0.1, -0.05) is 22.9 Å². The summed E-state index contributed by atoms with van der Waals surface area (Å²) in [5, 5.41) is 2.59. The van der Waals surface area contributed by atoms with Crippen LogP contribution in [0.2, 0.25) is 0 Å². The molecule has 1 atom stereocenters. The van der Waals surface area contributed by atoms with Gasteiger partial charge in [0.05, 0.1) is 5.69 Å². The molecule has 1 unspecified atom stereocenters. The second-order valence-corrected chi connectivity index (χ2v) is 4.96. The minimum absolute atomic E-state index is 0.127. The molecule has 1 saturated heterocycles. The maximum atomic E-state index is 13.7. The van der Waals surface area contributed by atoms with E-state index in [9.17, 15) is 14.0 Å². The lowest BCUT2D eigenvalue weighted by molar-refractivity contribution is -0.131. The highest BCUT2D eigenvalue weighted by atomic mass is 79.9. The summed E-state index contributed by atoms with van der Waals surface area (Å²) in [5.41, 5.74) is 0.127. The minimum atomic E-state index is -0.579. The first-order valence-corrected chi connectivity index (χ1v) is 6.38. The van der Waals surface area contributed by atoms with Crippen LogP contribution in [-0.4, -0.2) is 24.4 Å². The topological polar surface area (TPSA) is 49.4 Å². The molecule has 1 N–H and O–H groups in total. The zero-order chi connectivity index (χ0) is 13.3. The number of hydrogen-bond acceptors (Lipinski definition) is 2. The van der Waals surface area contributed by atoms with E-state index < -0.39 is 11.9 Å². The fraction of sp³-hybridized carbons (Fsp3) is 0.333. The molecule has 6 heteroatoms. The van der Waals surface area contributed by atoms with Crippen molar-refractivity contribution < 1.29 is 14.0 Å². The standard InChI is InChI=1S/C12H12BrFN2O2/c1-2-9-12(18)16(6-11(17)15-9)10-5-7(13)3-4-8(10)14/h3-5,9H,2,6H2,1H3,(H,15,17). The predicted octanol–water partition coefficient (Wildman–Crippen LogP) is 1.83. The Labute approximate surface area is 112 Å². The van der Waals surface area contributed by atoms with E-state index in [1.807, 2.05) is 0 Å². The van der Waals surface area contributed by atoms with Crippen molar-refractivity contribution >= 4 is 33.4 Å². The molecular weight excluding hydrogens is 303 g/mol. The van der Waals surface area contributed by atoms with Crippen molar-refractivity contribution in [1.82, 2.24) is 5.32 Å². The van der Waals surface area contributed by atoms with Crippen molar-refractivity contribution in [3.05, 3.63) is 28.5 Å². The zero-order valence-electron chi connectivity index (χ0n) is 9.74. The lowest BCUT2D eigenvalue weighted by Gasteiger charge is -2.32. The van der Waals surface area contributed by atoms with Gasteiger partial charge in [0, 0.05) is 4.47 Å². The first-order valence-electron chi connectivity index (χ1n) is 5.58. The number of hydrogen-bond donors (Lipinski definition) is 1. The Kier molecular flexibility index (Phi) is 3.65. The van der Waals surface area contributed by atoms with Crippen LogP contribution in [0.15, 0.2) is 22.7 Å². The number of amides is 2. The largest absolute Gasteiger partial charge is 0.343 e. The highest BCUT2D eigenvalue weighted by Crippen LogP contribution is 2.25. The van der Waals surface area contributed by atoms with E-state index in [1.165, 1.54) is 17.0 Å². The van der Waals surface area contributed by atoms with Crippen LogP contribution in [0.3, 0.4) is 0 Å². The highest BCUT2D eigenvalue weighted by Gasteiger charge is 2.33. The van der Waals surface area contributed by atoms with Gasteiger partial charge in [-0.05, 0) is 24.6 Å². The summed E-state index contributed by atoms with van der Waals surface area (Å²) in [6.45, 7) is 1.65. The van der Waals surface area contributed by atoms with Crippen LogP contribution in [0, 0.1) is 5.82 Å². The van der Waals surface area contributed by atoms with Crippen LogP contribution in [0.25, 0.3) is 0 Å². The van der Waals surface area contributed by atoms with Crippen molar-refractivity contribution in [2.24, 2.45) is 0 Å².